The molecule has 0 aliphatic carbocycles. The van der Waals surface area contributed by atoms with E-state index in [1.165, 1.54) is 31.2 Å². The summed E-state index contributed by atoms with van der Waals surface area (Å²) in [5.74, 6) is 0. The highest BCUT2D eigenvalue weighted by atomic mass is 15.2. The van der Waals surface area contributed by atoms with Gasteiger partial charge in [0.1, 0.15) is 0 Å². The van der Waals surface area contributed by atoms with Gasteiger partial charge in [-0.1, -0.05) is 37.3 Å². The molecular formula is C16H24N2. The van der Waals surface area contributed by atoms with Gasteiger partial charge >= 0.3 is 0 Å². The lowest BCUT2D eigenvalue weighted by Gasteiger charge is -2.39. The van der Waals surface area contributed by atoms with Crippen molar-refractivity contribution in [3.05, 3.63) is 35.9 Å². The second-order valence-electron chi connectivity index (χ2n) is 5.77. The summed E-state index contributed by atoms with van der Waals surface area (Å²) in [4.78, 5) is 2.75. The third-order valence-electron chi connectivity index (χ3n) is 4.59. The van der Waals surface area contributed by atoms with Crippen molar-refractivity contribution >= 4 is 0 Å². The molecule has 0 amide bonds. The molecule has 3 rings (SSSR count). The average Bonchev–Trinajstić information content (AvgIpc) is 2.63. The van der Waals surface area contributed by atoms with E-state index in [1.54, 1.807) is 0 Å². The Balaban J connectivity index is 1.65. The molecule has 2 bridgehead atoms. The zero-order valence-electron chi connectivity index (χ0n) is 11.3. The molecule has 2 aliphatic heterocycles. The number of fused-ring (bicyclic) bond motifs is 2. The van der Waals surface area contributed by atoms with Crippen LogP contribution in [0.1, 0.15) is 38.2 Å². The van der Waals surface area contributed by atoms with Crippen LogP contribution in [-0.4, -0.2) is 29.6 Å². The van der Waals surface area contributed by atoms with Gasteiger partial charge in [-0.15, -0.1) is 0 Å². The molecule has 2 nitrogen and oxygen atoms in total. The van der Waals surface area contributed by atoms with E-state index < -0.39 is 0 Å². The molecule has 0 spiro atoms. The van der Waals surface area contributed by atoms with Gasteiger partial charge in [-0.05, 0) is 37.8 Å². The fraction of sp³-hybridized carbons (Fsp3) is 0.625. The molecule has 0 saturated carbocycles. The first kappa shape index (κ1) is 12.2. The van der Waals surface area contributed by atoms with Crippen LogP contribution < -0.4 is 5.32 Å². The zero-order chi connectivity index (χ0) is 12.4. The van der Waals surface area contributed by atoms with Crippen LogP contribution in [-0.2, 0) is 6.54 Å². The summed E-state index contributed by atoms with van der Waals surface area (Å²) in [5, 5.41) is 3.64. The molecule has 2 unspecified atom stereocenters. The highest BCUT2D eigenvalue weighted by Crippen LogP contribution is 2.36. The number of hydrogen-bond donors (Lipinski definition) is 1. The molecular weight excluding hydrogens is 220 g/mol. The normalized spacial score (nSPS) is 31.7. The van der Waals surface area contributed by atoms with Gasteiger partial charge in [0, 0.05) is 24.7 Å². The van der Waals surface area contributed by atoms with Gasteiger partial charge in [-0.25, -0.2) is 0 Å². The van der Waals surface area contributed by atoms with Crippen molar-refractivity contribution in [2.24, 2.45) is 0 Å². The van der Waals surface area contributed by atoms with Gasteiger partial charge in [0.15, 0.2) is 0 Å². The standard InChI is InChI=1S/C16H24N2/c1-2-17-14-10-15-8-9-16(11-14)18(15)12-13-6-4-3-5-7-13/h3-7,14-17H,2,8-12H2,1H3. The maximum absolute atomic E-state index is 3.64. The van der Waals surface area contributed by atoms with Gasteiger partial charge in [-0.2, -0.15) is 0 Å². The monoisotopic (exact) mass is 244 g/mol. The first-order chi connectivity index (χ1) is 8.86. The SMILES string of the molecule is CCNC1CC2CCC(C1)N2Cc1ccccc1. The van der Waals surface area contributed by atoms with Crippen molar-refractivity contribution in [2.75, 3.05) is 6.54 Å². The summed E-state index contributed by atoms with van der Waals surface area (Å²) >= 11 is 0. The largest absolute Gasteiger partial charge is 0.314 e. The summed E-state index contributed by atoms with van der Waals surface area (Å²) in [5.41, 5.74) is 1.47. The summed E-state index contributed by atoms with van der Waals surface area (Å²) in [7, 11) is 0. The van der Waals surface area contributed by atoms with E-state index in [0.717, 1.165) is 31.2 Å². The van der Waals surface area contributed by atoms with Crippen LogP contribution >= 0.6 is 0 Å². The van der Waals surface area contributed by atoms with Gasteiger partial charge in [0.25, 0.3) is 0 Å². The topological polar surface area (TPSA) is 15.3 Å². The van der Waals surface area contributed by atoms with Crippen LogP contribution in [0.15, 0.2) is 30.3 Å². The molecule has 1 aromatic rings. The minimum Gasteiger partial charge on any atom is -0.314 e. The van der Waals surface area contributed by atoms with E-state index in [9.17, 15) is 0 Å². The summed E-state index contributed by atoms with van der Waals surface area (Å²) < 4.78 is 0. The van der Waals surface area contributed by atoms with Crippen LogP contribution in [0.4, 0.5) is 0 Å². The van der Waals surface area contributed by atoms with Gasteiger partial charge in [0.05, 0.1) is 0 Å². The predicted octanol–water partition coefficient (Wildman–Crippen LogP) is 2.79. The Kier molecular flexibility index (Phi) is 3.67. The third kappa shape index (κ3) is 2.45. The lowest BCUT2D eigenvalue weighted by molar-refractivity contribution is 0.110. The average molecular weight is 244 g/mol. The highest BCUT2D eigenvalue weighted by Gasteiger charge is 2.39. The number of hydrogen-bond acceptors (Lipinski definition) is 2. The van der Waals surface area contributed by atoms with Gasteiger partial charge in [-0.3, -0.25) is 4.90 Å². The van der Waals surface area contributed by atoms with E-state index >= 15 is 0 Å². The van der Waals surface area contributed by atoms with E-state index in [1.807, 2.05) is 0 Å². The third-order valence-corrected chi connectivity index (χ3v) is 4.59. The Labute approximate surface area is 110 Å². The second kappa shape index (κ2) is 5.41. The van der Waals surface area contributed by atoms with Crippen molar-refractivity contribution < 1.29 is 0 Å². The maximum atomic E-state index is 3.64. The lowest BCUT2D eigenvalue weighted by Crippen LogP contribution is -2.48. The molecule has 1 N–H and O–H groups in total. The summed E-state index contributed by atoms with van der Waals surface area (Å²) in [6, 6.07) is 13.3. The van der Waals surface area contributed by atoms with Crippen LogP contribution in [0.5, 0.6) is 0 Å². The maximum Gasteiger partial charge on any atom is 0.0239 e. The van der Waals surface area contributed by atoms with Crippen molar-refractivity contribution in [3.8, 4) is 0 Å². The molecule has 1 aromatic carbocycles. The first-order valence-corrected chi connectivity index (χ1v) is 7.40. The van der Waals surface area contributed by atoms with Crippen molar-refractivity contribution in [1.29, 1.82) is 0 Å². The fourth-order valence-corrected chi connectivity index (χ4v) is 3.78. The van der Waals surface area contributed by atoms with Crippen molar-refractivity contribution in [1.82, 2.24) is 10.2 Å². The summed E-state index contributed by atoms with van der Waals surface area (Å²) in [6.07, 6.45) is 5.49. The summed E-state index contributed by atoms with van der Waals surface area (Å²) in [6.45, 7) is 4.48. The molecule has 98 valence electrons. The first-order valence-electron chi connectivity index (χ1n) is 7.40. The van der Waals surface area contributed by atoms with E-state index in [2.05, 4.69) is 47.5 Å². The Morgan fingerprint density at radius 1 is 1.11 bits per heavy atom. The van der Waals surface area contributed by atoms with Crippen LogP contribution in [0.2, 0.25) is 0 Å². The molecule has 2 heteroatoms. The van der Waals surface area contributed by atoms with Crippen LogP contribution in [0.25, 0.3) is 0 Å². The van der Waals surface area contributed by atoms with E-state index in [-0.39, 0.29) is 0 Å². The molecule has 0 aromatic heterocycles. The quantitative estimate of drug-likeness (QED) is 0.876. The Morgan fingerprint density at radius 2 is 1.78 bits per heavy atom. The van der Waals surface area contributed by atoms with E-state index in [0.29, 0.717) is 0 Å². The number of nitrogens with zero attached hydrogens (tertiary/aromatic N) is 1. The predicted molar refractivity (Wildman–Crippen MR) is 75.5 cm³/mol. The zero-order valence-corrected chi connectivity index (χ0v) is 11.3. The van der Waals surface area contributed by atoms with Gasteiger partial charge < -0.3 is 5.32 Å². The van der Waals surface area contributed by atoms with E-state index in [4.69, 9.17) is 0 Å². The Hall–Kier alpha value is -0.860. The molecule has 2 fully saturated rings. The van der Waals surface area contributed by atoms with Crippen LogP contribution in [0.3, 0.4) is 0 Å². The number of piperidine rings is 1. The molecule has 2 saturated heterocycles. The Bertz CT molecular complexity index is 362. The fourth-order valence-electron chi connectivity index (χ4n) is 3.78. The number of benzene rings is 1. The van der Waals surface area contributed by atoms with Gasteiger partial charge in [0.2, 0.25) is 0 Å². The van der Waals surface area contributed by atoms with Crippen LogP contribution in [0, 0.1) is 0 Å². The smallest absolute Gasteiger partial charge is 0.0239 e. The van der Waals surface area contributed by atoms with Crippen molar-refractivity contribution in [2.45, 2.75) is 57.3 Å². The minimum atomic E-state index is 0.763. The highest BCUT2D eigenvalue weighted by molar-refractivity contribution is 5.15. The number of nitrogens with one attached hydrogen (secondary N) is 1. The number of rotatable bonds is 4. The minimum absolute atomic E-state index is 0.763. The molecule has 0 radical (unpaired) electrons. The van der Waals surface area contributed by atoms with Crippen molar-refractivity contribution in [3.63, 3.8) is 0 Å². The second-order valence-corrected chi connectivity index (χ2v) is 5.77. The molecule has 2 aliphatic rings. The molecule has 2 heterocycles. The molecule has 18 heavy (non-hydrogen) atoms. The Morgan fingerprint density at radius 3 is 2.39 bits per heavy atom. The molecule has 2 atom stereocenters. The lowest BCUT2D eigenvalue weighted by atomic mass is 9.96.